The third-order valence-electron chi connectivity index (χ3n) is 4.02. The molecule has 5 heteroatoms. The van der Waals surface area contributed by atoms with Crippen LogP contribution in [0.4, 0.5) is 0 Å². The fraction of sp³-hybridized carbons (Fsp3) is 0.143. The van der Waals surface area contributed by atoms with Crippen LogP contribution in [0.25, 0.3) is 0 Å². The molecule has 26 heavy (non-hydrogen) atoms. The van der Waals surface area contributed by atoms with Crippen molar-refractivity contribution < 1.29 is 25.2 Å². The molecule has 5 nitrogen and oxygen atoms in total. The van der Waals surface area contributed by atoms with Crippen LogP contribution in [0.15, 0.2) is 72.8 Å². The predicted molar refractivity (Wildman–Crippen MR) is 97.4 cm³/mol. The van der Waals surface area contributed by atoms with Crippen LogP contribution in [0.5, 0.6) is 23.0 Å². The predicted octanol–water partition coefficient (Wildman–Crippen LogP) is 3.53. The molecular formula is C21H20O5. The van der Waals surface area contributed by atoms with E-state index in [2.05, 4.69) is 0 Å². The van der Waals surface area contributed by atoms with Crippen molar-refractivity contribution in [2.75, 3.05) is 0 Å². The Labute approximate surface area is 151 Å². The Kier molecular flexibility index (Phi) is 5.29. The minimum Gasteiger partial charge on any atom is -0.508 e. The molecule has 0 bridgehead atoms. The molecule has 0 fully saturated rings. The molecule has 1 aliphatic heterocycles. The first-order chi connectivity index (χ1) is 12.5. The van der Waals surface area contributed by atoms with E-state index in [0.29, 0.717) is 6.42 Å². The smallest absolute Gasteiger partial charge is 0.150 e. The third kappa shape index (κ3) is 4.26. The van der Waals surface area contributed by atoms with Gasteiger partial charge in [-0.2, -0.15) is 0 Å². The molecule has 1 aliphatic rings. The molecule has 4 rings (SSSR count). The number of hydrogen-bond acceptors (Lipinski definition) is 5. The lowest BCUT2D eigenvalue weighted by Crippen LogP contribution is -2.30. The summed E-state index contributed by atoms with van der Waals surface area (Å²) in [5.41, 5.74) is 2.10. The summed E-state index contributed by atoms with van der Waals surface area (Å²) in [7, 11) is 0. The molecule has 3 aromatic carbocycles. The van der Waals surface area contributed by atoms with Gasteiger partial charge in [-0.25, -0.2) is 0 Å². The van der Waals surface area contributed by atoms with Crippen LogP contribution in [0.3, 0.4) is 0 Å². The molecule has 0 saturated carbocycles. The van der Waals surface area contributed by atoms with Crippen LogP contribution in [0.2, 0.25) is 0 Å². The van der Waals surface area contributed by atoms with Crippen molar-refractivity contribution in [1.82, 2.24) is 0 Å². The van der Waals surface area contributed by atoms with Crippen molar-refractivity contribution in [3.05, 3.63) is 83.9 Å². The Bertz CT molecular complexity index is 813. The Morgan fingerprint density at radius 2 is 1.27 bits per heavy atom. The lowest BCUT2D eigenvalue weighted by atomic mass is 9.95. The van der Waals surface area contributed by atoms with Crippen LogP contribution in [0.1, 0.15) is 17.2 Å². The molecule has 2 unspecified atom stereocenters. The minimum absolute atomic E-state index is 0.146. The highest BCUT2D eigenvalue weighted by atomic mass is 16.5. The quantitative estimate of drug-likeness (QED) is 0.538. The number of rotatable bonds is 1. The normalized spacial score (nSPS) is 18.0. The van der Waals surface area contributed by atoms with E-state index in [1.54, 1.807) is 0 Å². The number of aromatic hydroxyl groups is 3. The maximum Gasteiger partial charge on any atom is 0.150 e. The van der Waals surface area contributed by atoms with Gasteiger partial charge in [0.2, 0.25) is 0 Å². The fourth-order valence-electron chi connectivity index (χ4n) is 2.85. The van der Waals surface area contributed by atoms with Crippen molar-refractivity contribution >= 4 is 0 Å². The molecule has 0 saturated heterocycles. The van der Waals surface area contributed by atoms with Crippen molar-refractivity contribution in [2.45, 2.75) is 18.6 Å². The van der Waals surface area contributed by atoms with Crippen LogP contribution in [-0.4, -0.2) is 26.5 Å². The number of aliphatic hydroxyl groups is 1. The average molecular weight is 352 g/mol. The van der Waals surface area contributed by atoms with Crippen LogP contribution >= 0.6 is 0 Å². The molecule has 4 N–H and O–H groups in total. The van der Waals surface area contributed by atoms with Gasteiger partial charge in [0.25, 0.3) is 0 Å². The zero-order valence-electron chi connectivity index (χ0n) is 14.0. The zero-order valence-corrected chi connectivity index (χ0v) is 14.0. The lowest BCUT2D eigenvalue weighted by molar-refractivity contribution is 0.0208. The number of para-hydroxylation sites is 1. The summed E-state index contributed by atoms with van der Waals surface area (Å²) in [5.74, 6) is 0.444. The number of benzene rings is 3. The average Bonchev–Trinajstić information content (AvgIpc) is 2.61. The summed E-state index contributed by atoms with van der Waals surface area (Å²) in [5, 5.41) is 36.2. The van der Waals surface area contributed by atoms with E-state index >= 15 is 0 Å². The molecular weight excluding hydrogens is 332 g/mol. The van der Waals surface area contributed by atoms with E-state index in [1.165, 1.54) is 0 Å². The number of phenolic OH excluding ortho intramolecular Hbond substituents is 3. The Balaban J connectivity index is 0.000000185. The standard InChI is InChI=1S/C15H14O2.C6H6O3/c16-13-10-12-8-4-5-9-14(12)17-15(13)11-6-2-1-3-7-11;7-4-1-5(8)3-6(9)2-4/h1-9,13,15-16H,10H2;1-3,7-9H. The molecule has 0 radical (unpaired) electrons. The molecule has 2 atom stereocenters. The van der Waals surface area contributed by atoms with E-state index in [1.807, 2.05) is 54.6 Å². The number of phenols is 3. The second kappa shape index (κ2) is 7.80. The molecule has 0 aromatic heterocycles. The van der Waals surface area contributed by atoms with Crippen molar-refractivity contribution in [3.8, 4) is 23.0 Å². The summed E-state index contributed by atoms with van der Waals surface area (Å²) < 4.78 is 5.88. The van der Waals surface area contributed by atoms with Gasteiger partial charge in [0.05, 0.1) is 6.10 Å². The summed E-state index contributed by atoms with van der Waals surface area (Å²) >= 11 is 0. The second-order valence-electron chi connectivity index (χ2n) is 6.04. The van der Waals surface area contributed by atoms with Gasteiger partial charge in [-0.3, -0.25) is 0 Å². The maximum absolute atomic E-state index is 10.1. The van der Waals surface area contributed by atoms with Gasteiger partial charge >= 0.3 is 0 Å². The molecule has 0 amide bonds. The highest BCUT2D eigenvalue weighted by molar-refractivity contribution is 5.39. The fourth-order valence-corrected chi connectivity index (χ4v) is 2.85. The summed E-state index contributed by atoms with van der Waals surface area (Å²) in [6, 6.07) is 21.2. The van der Waals surface area contributed by atoms with Crippen LogP contribution in [0, 0.1) is 0 Å². The molecule has 0 aliphatic carbocycles. The lowest BCUT2D eigenvalue weighted by Gasteiger charge is -2.30. The highest BCUT2D eigenvalue weighted by Crippen LogP contribution is 2.34. The highest BCUT2D eigenvalue weighted by Gasteiger charge is 2.29. The van der Waals surface area contributed by atoms with Gasteiger partial charge < -0.3 is 25.2 Å². The van der Waals surface area contributed by atoms with Gasteiger partial charge in [0, 0.05) is 24.6 Å². The molecule has 134 valence electrons. The van der Waals surface area contributed by atoms with Gasteiger partial charge in [-0.15, -0.1) is 0 Å². The maximum atomic E-state index is 10.1. The van der Waals surface area contributed by atoms with Gasteiger partial charge in [0.15, 0.2) is 0 Å². The van der Waals surface area contributed by atoms with E-state index in [0.717, 1.165) is 35.1 Å². The SMILES string of the molecule is OC1Cc2ccccc2OC1c1ccccc1.Oc1cc(O)cc(O)c1. The van der Waals surface area contributed by atoms with Gasteiger partial charge in [-0.1, -0.05) is 48.5 Å². The molecule has 3 aromatic rings. The van der Waals surface area contributed by atoms with Crippen LogP contribution < -0.4 is 4.74 Å². The van der Waals surface area contributed by atoms with Crippen molar-refractivity contribution in [1.29, 1.82) is 0 Å². The van der Waals surface area contributed by atoms with Crippen molar-refractivity contribution in [2.24, 2.45) is 0 Å². The number of fused-ring (bicyclic) bond motifs is 1. The Morgan fingerprint density at radius 1 is 0.731 bits per heavy atom. The Morgan fingerprint density at radius 3 is 1.88 bits per heavy atom. The first-order valence-electron chi connectivity index (χ1n) is 8.22. The summed E-state index contributed by atoms with van der Waals surface area (Å²) in [6.07, 6.45) is -0.0890. The van der Waals surface area contributed by atoms with Gasteiger partial charge in [-0.05, 0) is 17.2 Å². The van der Waals surface area contributed by atoms with E-state index in [9.17, 15) is 5.11 Å². The Hall–Kier alpha value is -3.18. The van der Waals surface area contributed by atoms with Crippen molar-refractivity contribution in [3.63, 3.8) is 0 Å². The number of hydrogen-bond donors (Lipinski definition) is 4. The first-order valence-corrected chi connectivity index (χ1v) is 8.22. The van der Waals surface area contributed by atoms with E-state index in [4.69, 9.17) is 20.1 Å². The van der Waals surface area contributed by atoms with Crippen LogP contribution in [-0.2, 0) is 6.42 Å². The first kappa shape index (κ1) is 17.6. The van der Waals surface area contributed by atoms with E-state index in [-0.39, 0.29) is 23.4 Å². The molecule has 0 spiro atoms. The molecule has 1 heterocycles. The monoisotopic (exact) mass is 352 g/mol. The largest absolute Gasteiger partial charge is 0.508 e. The number of ether oxygens (including phenoxy) is 1. The third-order valence-corrected chi connectivity index (χ3v) is 4.02. The summed E-state index contributed by atoms with van der Waals surface area (Å²) in [4.78, 5) is 0. The van der Waals surface area contributed by atoms with E-state index < -0.39 is 6.10 Å². The second-order valence-corrected chi connectivity index (χ2v) is 6.04. The topological polar surface area (TPSA) is 90.2 Å². The minimum atomic E-state index is -0.479. The zero-order chi connectivity index (χ0) is 18.5. The summed E-state index contributed by atoms with van der Waals surface area (Å²) in [6.45, 7) is 0. The number of aliphatic hydroxyl groups excluding tert-OH is 1. The van der Waals surface area contributed by atoms with Gasteiger partial charge in [0.1, 0.15) is 29.1 Å².